The zero-order valence-corrected chi connectivity index (χ0v) is 10.8. The average molecular weight is 244 g/mol. The number of rotatable bonds is 3. The van der Waals surface area contributed by atoms with Gasteiger partial charge in [0.1, 0.15) is 10.6 Å². The van der Waals surface area contributed by atoms with Gasteiger partial charge in [-0.2, -0.15) is 0 Å². The lowest BCUT2D eigenvalue weighted by Gasteiger charge is -2.26. The zero-order valence-electron chi connectivity index (χ0n) is 9.95. The van der Waals surface area contributed by atoms with E-state index in [1.807, 2.05) is 20.8 Å². The summed E-state index contributed by atoms with van der Waals surface area (Å²) < 4.78 is 27.7. The molecule has 0 amide bonds. The Morgan fingerprint density at radius 3 is 2.62 bits per heavy atom. The third-order valence-electron chi connectivity index (χ3n) is 2.04. The number of hydrogen-bond acceptors (Lipinski definition) is 3. The Hall–Kier alpha value is -0.650. The van der Waals surface area contributed by atoms with E-state index in [1.165, 1.54) is 18.3 Å². The lowest BCUT2D eigenvalue weighted by Crippen LogP contribution is -2.40. The lowest BCUT2D eigenvalue weighted by molar-refractivity contribution is 0.516. The molecule has 1 unspecified atom stereocenters. The Balaban J connectivity index is 2.73. The molecule has 90 valence electrons. The van der Waals surface area contributed by atoms with E-state index in [9.17, 15) is 8.94 Å². The first-order chi connectivity index (χ1) is 7.32. The summed E-state index contributed by atoms with van der Waals surface area (Å²) in [5.41, 5.74) is 0.292. The van der Waals surface area contributed by atoms with Gasteiger partial charge in [0.2, 0.25) is 0 Å². The fourth-order valence-corrected chi connectivity index (χ4v) is 1.90. The number of nitrogens with one attached hydrogen (secondary N) is 1. The quantitative estimate of drug-likeness (QED) is 0.830. The second-order valence-corrected chi connectivity index (χ2v) is 6.59. The molecule has 1 aromatic rings. The van der Waals surface area contributed by atoms with Gasteiger partial charge in [0, 0.05) is 17.6 Å². The molecule has 2 atom stereocenters. The van der Waals surface area contributed by atoms with Crippen molar-refractivity contribution >= 4 is 11.4 Å². The van der Waals surface area contributed by atoms with Gasteiger partial charge in [-0.05, 0) is 39.8 Å². The first-order valence-corrected chi connectivity index (χ1v) is 6.26. The van der Waals surface area contributed by atoms with Gasteiger partial charge in [0.05, 0.1) is 11.7 Å². The number of hydrogen-bond donors (Lipinski definition) is 1. The molecule has 0 aromatic carbocycles. The summed E-state index contributed by atoms with van der Waals surface area (Å²) in [6, 6.07) is 2.51. The molecule has 5 heteroatoms. The van der Waals surface area contributed by atoms with E-state index >= 15 is 0 Å². The number of halogens is 1. The summed E-state index contributed by atoms with van der Waals surface area (Å²) in [7, 11) is 0. The summed E-state index contributed by atoms with van der Waals surface area (Å²) in [5, 5.41) is 0. The molecule has 1 N–H and O–H groups in total. The largest absolute Gasteiger partial charge is 0.598 e. The zero-order chi connectivity index (χ0) is 12.3. The molecular formula is C11H17FN2OS. The van der Waals surface area contributed by atoms with Crippen LogP contribution in [0.5, 0.6) is 0 Å². The van der Waals surface area contributed by atoms with Crippen molar-refractivity contribution in [3.8, 4) is 0 Å². The Morgan fingerprint density at radius 2 is 2.12 bits per heavy atom. The Labute approximate surface area is 98.8 Å². The SMILES string of the molecule is C[C@@H](N[S+]([O-])C(C)(C)C)c1ncccc1F. The fourth-order valence-electron chi connectivity index (χ4n) is 1.11. The number of aromatic nitrogens is 1. The molecule has 0 bridgehead atoms. The van der Waals surface area contributed by atoms with Crippen LogP contribution in [0.25, 0.3) is 0 Å². The molecule has 3 nitrogen and oxygen atoms in total. The highest BCUT2D eigenvalue weighted by molar-refractivity contribution is 7.90. The van der Waals surface area contributed by atoms with Crippen molar-refractivity contribution in [2.75, 3.05) is 0 Å². The highest BCUT2D eigenvalue weighted by atomic mass is 32.2. The smallest absolute Gasteiger partial charge is 0.146 e. The van der Waals surface area contributed by atoms with Crippen molar-refractivity contribution in [2.45, 2.75) is 38.5 Å². The summed E-state index contributed by atoms with van der Waals surface area (Å²) in [6.07, 6.45) is 1.52. The molecule has 0 spiro atoms. The summed E-state index contributed by atoms with van der Waals surface area (Å²) >= 11 is -1.23. The van der Waals surface area contributed by atoms with Crippen LogP contribution in [0.2, 0.25) is 0 Å². The lowest BCUT2D eigenvalue weighted by atomic mass is 10.2. The molecule has 1 rings (SSSR count). The van der Waals surface area contributed by atoms with E-state index < -0.39 is 11.4 Å². The molecule has 16 heavy (non-hydrogen) atoms. The fraction of sp³-hybridized carbons (Fsp3) is 0.545. The molecule has 0 fully saturated rings. The Morgan fingerprint density at radius 1 is 1.50 bits per heavy atom. The van der Waals surface area contributed by atoms with Crippen molar-refractivity contribution in [1.82, 2.24) is 9.71 Å². The van der Waals surface area contributed by atoms with Crippen molar-refractivity contribution in [2.24, 2.45) is 0 Å². The maximum Gasteiger partial charge on any atom is 0.146 e. The summed E-state index contributed by atoms with van der Waals surface area (Å²) in [5.74, 6) is -0.381. The van der Waals surface area contributed by atoms with E-state index in [0.717, 1.165) is 0 Å². The van der Waals surface area contributed by atoms with E-state index in [1.54, 1.807) is 6.92 Å². The third-order valence-corrected chi connectivity index (χ3v) is 3.72. The minimum atomic E-state index is -1.23. The summed E-state index contributed by atoms with van der Waals surface area (Å²) in [6.45, 7) is 7.32. The van der Waals surface area contributed by atoms with Gasteiger partial charge in [-0.1, -0.05) is 0 Å². The maximum absolute atomic E-state index is 13.4. The average Bonchev–Trinajstić information content (AvgIpc) is 2.16. The second-order valence-electron chi connectivity index (χ2n) is 4.59. The second kappa shape index (κ2) is 5.12. The van der Waals surface area contributed by atoms with Gasteiger partial charge >= 0.3 is 0 Å². The molecule has 0 aliphatic carbocycles. The van der Waals surface area contributed by atoms with Crippen LogP contribution in [-0.2, 0) is 11.4 Å². The van der Waals surface area contributed by atoms with Crippen LogP contribution in [0.3, 0.4) is 0 Å². The topological polar surface area (TPSA) is 48.0 Å². The molecule has 0 saturated carbocycles. The minimum Gasteiger partial charge on any atom is -0.598 e. The summed E-state index contributed by atoms with van der Waals surface area (Å²) in [4.78, 5) is 3.94. The minimum absolute atomic E-state index is 0.292. The van der Waals surface area contributed by atoms with Crippen molar-refractivity contribution in [3.63, 3.8) is 0 Å². The molecule has 0 saturated heterocycles. The predicted molar refractivity (Wildman–Crippen MR) is 63.6 cm³/mol. The van der Waals surface area contributed by atoms with Gasteiger partial charge in [0.25, 0.3) is 0 Å². The van der Waals surface area contributed by atoms with Crippen LogP contribution >= 0.6 is 0 Å². The van der Waals surface area contributed by atoms with Crippen LogP contribution in [0.1, 0.15) is 39.4 Å². The van der Waals surface area contributed by atoms with Gasteiger partial charge < -0.3 is 4.55 Å². The van der Waals surface area contributed by atoms with Crippen LogP contribution in [0.15, 0.2) is 18.3 Å². The van der Waals surface area contributed by atoms with E-state index in [-0.39, 0.29) is 16.6 Å². The van der Waals surface area contributed by atoms with E-state index in [4.69, 9.17) is 0 Å². The Bertz CT molecular complexity index is 354. The highest BCUT2D eigenvalue weighted by Gasteiger charge is 2.29. The molecule has 0 aliphatic heterocycles. The van der Waals surface area contributed by atoms with Crippen molar-refractivity contribution in [3.05, 3.63) is 29.8 Å². The molecule has 0 radical (unpaired) electrons. The highest BCUT2D eigenvalue weighted by Crippen LogP contribution is 2.19. The van der Waals surface area contributed by atoms with Gasteiger partial charge in [0.15, 0.2) is 0 Å². The van der Waals surface area contributed by atoms with Crippen LogP contribution < -0.4 is 4.72 Å². The van der Waals surface area contributed by atoms with Crippen molar-refractivity contribution in [1.29, 1.82) is 0 Å². The number of nitrogens with zero attached hydrogens (tertiary/aromatic N) is 1. The van der Waals surface area contributed by atoms with Crippen LogP contribution in [0, 0.1) is 5.82 Å². The molecule has 1 aromatic heterocycles. The first kappa shape index (κ1) is 13.4. The normalized spacial score (nSPS) is 15.9. The third kappa shape index (κ3) is 3.43. The van der Waals surface area contributed by atoms with Gasteiger partial charge in [-0.25, -0.2) is 4.39 Å². The van der Waals surface area contributed by atoms with Crippen LogP contribution in [0.4, 0.5) is 4.39 Å². The van der Waals surface area contributed by atoms with Gasteiger partial charge in [-0.15, -0.1) is 4.72 Å². The van der Waals surface area contributed by atoms with Crippen molar-refractivity contribution < 1.29 is 8.94 Å². The Kier molecular flexibility index (Phi) is 4.29. The monoisotopic (exact) mass is 244 g/mol. The molecule has 0 aliphatic rings. The van der Waals surface area contributed by atoms with E-state index in [0.29, 0.717) is 5.69 Å². The predicted octanol–water partition coefficient (Wildman–Crippen LogP) is 2.33. The maximum atomic E-state index is 13.4. The molecular weight excluding hydrogens is 227 g/mol. The van der Waals surface area contributed by atoms with E-state index in [2.05, 4.69) is 9.71 Å². The van der Waals surface area contributed by atoms with Crippen LogP contribution in [-0.4, -0.2) is 14.3 Å². The number of pyridine rings is 1. The van der Waals surface area contributed by atoms with Gasteiger partial charge in [-0.3, -0.25) is 4.98 Å². The standard InChI is InChI=1S/C11H17FN2OS/c1-8(14-16(15)11(2,3)4)10-9(12)6-5-7-13-10/h5-8,14H,1-4H3/t8-,16?/m1/s1. The first-order valence-electron chi connectivity index (χ1n) is 5.11. The molecule has 1 heterocycles.